The molecule has 1 aliphatic rings. The molecule has 0 unspecified atom stereocenters. The average molecular weight is 258 g/mol. The van der Waals surface area contributed by atoms with Crippen LogP contribution >= 0.6 is 11.6 Å². The molecule has 5 nitrogen and oxygen atoms in total. The van der Waals surface area contributed by atoms with Gasteiger partial charge in [0.2, 0.25) is 12.7 Å². The number of halogens is 1. The molecule has 1 N–H and O–H groups in total. The minimum absolute atomic E-state index is 0.00126. The molecule has 1 amide bonds. The second-order valence-corrected chi connectivity index (χ2v) is 3.78. The van der Waals surface area contributed by atoms with Crippen LogP contribution in [0.4, 0.5) is 5.69 Å². The minimum Gasteiger partial charge on any atom is -0.454 e. The van der Waals surface area contributed by atoms with Gasteiger partial charge in [-0.05, 0) is 6.92 Å². The Hall–Kier alpha value is -1.46. The van der Waals surface area contributed by atoms with Gasteiger partial charge in [-0.1, -0.05) is 11.6 Å². The molecule has 1 heterocycles. The lowest BCUT2D eigenvalue weighted by molar-refractivity contribution is -0.120. The van der Waals surface area contributed by atoms with Gasteiger partial charge in [-0.2, -0.15) is 0 Å². The van der Waals surface area contributed by atoms with E-state index in [-0.39, 0.29) is 19.3 Å². The first kappa shape index (κ1) is 12.0. The monoisotopic (exact) mass is 257 g/mol. The highest BCUT2D eigenvalue weighted by Gasteiger charge is 2.17. The quantitative estimate of drug-likeness (QED) is 0.897. The maximum absolute atomic E-state index is 11.5. The first-order valence-electron chi connectivity index (χ1n) is 5.17. The topological polar surface area (TPSA) is 56.8 Å². The summed E-state index contributed by atoms with van der Waals surface area (Å²) in [6.07, 6.45) is 0. The van der Waals surface area contributed by atoms with Gasteiger partial charge in [-0.25, -0.2) is 0 Å². The Morgan fingerprint density at radius 2 is 2.18 bits per heavy atom. The first-order chi connectivity index (χ1) is 8.20. The molecule has 0 aliphatic carbocycles. The number of benzene rings is 1. The Balaban J connectivity index is 2.08. The third-order valence-electron chi connectivity index (χ3n) is 2.17. The van der Waals surface area contributed by atoms with Crippen molar-refractivity contribution in [2.45, 2.75) is 6.92 Å². The molecule has 0 spiro atoms. The van der Waals surface area contributed by atoms with Crippen molar-refractivity contribution in [3.8, 4) is 11.5 Å². The molecule has 0 bridgehead atoms. The molecule has 0 atom stereocenters. The fourth-order valence-corrected chi connectivity index (χ4v) is 1.59. The predicted octanol–water partition coefficient (Wildman–Crippen LogP) is 2.04. The maximum atomic E-state index is 11.5. The van der Waals surface area contributed by atoms with Crippen molar-refractivity contribution in [1.29, 1.82) is 0 Å². The van der Waals surface area contributed by atoms with Gasteiger partial charge in [0.15, 0.2) is 11.5 Å². The van der Waals surface area contributed by atoms with Gasteiger partial charge in [-0.3, -0.25) is 4.79 Å². The van der Waals surface area contributed by atoms with Gasteiger partial charge in [0, 0.05) is 18.7 Å². The number of amides is 1. The zero-order valence-corrected chi connectivity index (χ0v) is 10.0. The summed E-state index contributed by atoms with van der Waals surface area (Å²) >= 11 is 5.99. The van der Waals surface area contributed by atoms with E-state index in [1.54, 1.807) is 12.1 Å². The molecule has 1 aromatic carbocycles. The van der Waals surface area contributed by atoms with Crippen molar-refractivity contribution in [3.63, 3.8) is 0 Å². The molecule has 17 heavy (non-hydrogen) atoms. The van der Waals surface area contributed by atoms with Gasteiger partial charge in [0.25, 0.3) is 0 Å². The van der Waals surface area contributed by atoms with Crippen LogP contribution in [0.15, 0.2) is 12.1 Å². The summed E-state index contributed by atoms with van der Waals surface area (Å²) in [4.78, 5) is 11.5. The molecule has 0 radical (unpaired) electrons. The third-order valence-corrected chi connectivity index (χ3v) is 2.49. The molecule has 0 aromatic heterocycles. The molecule has 1 aromatic rings. The van der Waals surface area contributed by atoms with Crippen LogP contribution in [-0.4, -0.2) is 25.9 Å². The van der Waals surface area contributed by atoms with E-state index in [1.807, 2.05) is 6.92 Å². The van der Waals surface area contributed by atoms with Gasteiger partial charge < -0.3 is 19.5 Å². The van der Waals surface area contributed by atoms with Gasteiger partial charge in [0.05, 0.1) is 10.7 Å². The van der Waals surface area contributed by atoms with Gasteiger partial charge in [0.1, 0.15) is 6.61 Å². The molecule has 0 saturated carbocycles. The molecule has 0 fully saturated rings. The standard InChI is InChI=1S/C11H12ClNO4/c1-2-15-5-11(14)13-8-4-10-9(3-7(8)12)16-6-17-10/h3-4H,2,5-6H2,1H3,(H,13,14). The van der Waals surface area contributed by atoms with Crippen LogP contribution in [-0.2, 0) is 9.53 Å². The average Bonchev–Trinajstić information content (AvgIpc) is 2.74. The van der Waals surface area contributed by atoms with E-state index in [2.05, 4.69) is 5.32 Å². The second kappa shape index (κ2) is 5.25. The molecule has 0 saturated heterocycles. The number of hydrogen-bond acceptors (Lipinski definition) is 4. The number of rotatable bonds is 4. The van der Waals surface area contributed by atoms with Crippen molar-refractivity contribution >= 4 is 23.2 Å². The summed E-state index contributed by atoms with van der Waals surface area (Å²) in [6, 6.07) is 3.24. The molecular weight excluding hydrogens is 246 g/mol. The smallest absolute Gasteiger partial charge is 0.250 e. The highest BCUT2D eigenvalue weighted by Crippen LogP contribution is 2.39. The lowest BCUT2D eigenvalue weighted by atomic mass is 10.2. The number of carbonyl (C=O) groups excluding carboxylic acids is 1. The van der Waals surface area contributed by atoms with E-state index in [0.29, 0.717) is 28.8 Å². The Morgan fingerprint density at radius 1 is 1.47 bits per heavy atom. The van der Waals surface area contributed by atoms with Crippen LogP contribution in [0.25, 0.3) is 0 Å². The fraction of sp³-hybridized carbons (Fsp3) is 0.364. The summed E-state index contributed by atoms with van der Waals surface area (Å²) < 4.78 is 15.3. The van der Waals surface area contributed by atoms with Crippen LogP contribution < -0.4 is 14.8 Å². The Labute approximate surface area is 104 Å². The first-order valence-corrected chi connectivity index (χ1v) is 5.55. The Bertz CT molecular complexity index is 436. The van der Waals surface area contributed by atoms with Crippen molar-refractivity contribution in [1.82, 2.24) is 0 Å². The van der Waals surface area contributed by atoms with Crippen LogP contribution in [0.5, 0.6) is 11.5 Å². The lowest BCUT2D eigenvalue weighted by Gasteiger charge is -2.08. The predicted molar refractivity (Wildman–Crippen MR) is 62.7 cm³/mol. The van der Waals surface area contributed by atoms with E-state index < -0.39 is 0 Å². The molecule has 2 rings (SSSR count). The fourth-order valence-electron chi connectivity index (χ4n) is 1.39. The van der Waals surface area contributed by atoms with Gasteiger partial charge in [-0.15, -0.1) is 0 Å². The SMILES string of the molecule is CCOCC(=O)Nc1cc2c(cc1Cl)OCO2. The molecule has 6 heteroatoms. The zero-order valence-electron chi connectivity index (χ0n) is 9.29. The third kappa shape index (κ3) is 2.81. The van der Waals surface area contributed by atoms with Crippen molar-refractivity contribution < 1.29 is 19.0 Å². The lowest BCUT2D eigenvalue weighted by Crippen LogP contribution is -2.18. The van der Waals surface area contributed by atoms with Crippen LogP contribution in [0.3, 0.4) is 0 Å². The summed E-state index contributed by atoms with van der Waals surface area (Å²) in [5.74, 6) is 0.895. The summed E-state index contributed by atoms with van der Waals surface area (Å²) in [5, 5.41) is 3.05. The Kier molecular flexibility index (Phi) is 3.71. The number of nitrogens with one attached hydrogen (secondary N) is 1. The van der Waals surface area contributed by atoms with E-state index >= 15 is 0 Å². The molecule has 92 valence electrons. The summed E-state index contributed by atoms with van der Waals surface area (Å²) in [6.45, 7) is 2.48. The van der Waals surface area contributed by atoms with Crippen LogP contribution in [0.2, 0.25) is 5.02 Å². The van der Waals surface area contributed by atoms with Crippen LogP contribution in [0.1, 0.15) is 6.92 Å². The number of ether oxygens (including phenoxy) is 3. The number of anilines is 1. The van der Waals surface area contributed by atoms with Crippen molar-refractivity contribution in [3.05, 3.63) is 17.2 Å². The number of carbonyl (C=O) groups is 1. The van der Waals surface area contributed by atoms with E-state index in [1.165, 1.54) is 0 Å². The zero-order chi connectivity index (χ0) is 12.3. The summed E-state index contributed by atoms with van der Waals surface area (Å²) in [7, 11) is 0. The Morgan fingerprint density at radius 3 is 2.88 bits per heavy atom. The highest BCUT2D eigenvalue weighted by molar-refractivity contribution is 6.34. The number of fused-ring (bicyclic) bond motifs is 1. The molecule has 1 aliphatic heterocycles. The van der Waals surface area contributed by atoms with Gasteiger partial charge >= 0.3 is 0 Å². The maximum Gasteiger partial charge on any atom is 0.250 e. The van der Waals surface area contributed by atoms with Crippen molar-refractivity contribution in [2.24, 2.45) is 0 Å². The normalized spacial score (nSPS) is 12.6. The molecular formula is C11H12ClNO4. The van der Waals surface area contributed by atoms with E-state index in [0.717, 1.165) is 0 Å². The second-order valence-electron chi connectivity index (χ2n) is 3.37. The highest BCUT2D eigenvalue weighted by atomic mass is 35.5. The number of hydrogen-bond donors (Lipinski definition) is 1. The minimum atomic E-state index is -0.257. The summed E-state index contributed by atoms with van der Waals surface area (Å²) in [5.41, 5.74) is 0.487. The van der Waals surface area contributed by atoms with E-state index in [4.69, 9.17) is 25.8 Å². The van der Waals surface area contributed by atoms with Crippen LogP contribution in [0, 0.1) is 0 Å². The van der Waals surface area contributed by atoms with Crippen molar-refractivity contribution in [2.75, 3.05) is 25.3 Å². The largest absolute Gasteiger partial charge is 0.454 e. The van der Waals surface area contributed by atoms with E-state index in [9.17, 15) is 4.79 Å².